The molecule has 0 saturated heterocycles. The quantitative estimate of drug-likeness (QED) is 0.656. The van der Waals surface area contributed by atoms with Gasteiger partial charge in [-0.1, -0.05) is 11.6 Å². The lowest BCUT2D eigenvalue weighted by Gasteiger charge is -2.06. The van der Waals surface area contributed by atoms with E-state index in [-0.39, 0.29) is 10.6 Å². The number of nitrogens with zero attached hydrogens (tertiary/aromatic N) is 2. The van der Waals surface area contributed by atoms with Crippen molar-refractivity contribution in [1.29, 1.82) is 0 Å². The standard InChI is InChI=1S/C12H11ClF2N4O/c13-8-5-9(14)7(4-10(8)15)12(20)16-3-1-2-11-17-6-18-19-11/h4-6H,1-3H2,(H,16,20)(H,17,18,19). The van der Waals surface area contributed by atoms with Gasteiger partial charge in [0.05, 0.1) is 10.6 Å². The van der Waals surface area contributed by atoms with Gasteiger partial charge in [-0.05, 0) is 18.6 Å². The van der Waals surface area contributed by atoms with Crippen molar-refractivity contribution in [2.45, 2.75) is 12.8 Å². The molecular formula is C12H11ClF2N4O. The Morgan fingerprint density at radius 3 is 2.85 bits per heavy atom. The van der Waals surface area contributed by atoms with Crippen molar-refractivity contribution in [3.8, 4) is 0 Å². The van der Waals surface area contributed by atoms with Crippen molar-refractivity contribution in [3.63, 3.8) is 0 Å². The van der Waals surface area contributed by atoms with Crippen LogP contribution in [-0.4, -0.2) is 27.6 Å². The maximum absolute atomic E-state index is 13.5. The minimum atomic E-state index is -0.857. The number of benzene rings is 1. The SMILES string of the molecule is O=C(NCCCc1ncn[nH]1)c1cc(F)c(Cl)cc1F. The summed E-state index contributed by atoms with van der Waals surface area (Å²) in [6, 6.07) is 1.56. The number of nitrogens with one attached hydrogen (secondary N) is 2. The number of H-pyrrole nitrogens is 1. The molecule has 0 aliphatic heterocycles. The Bertz CT molecular complexity index is 604. The van der Waals surface area contributed by atoms with E-state index >= 15 is 0 Å². The lowest BCUT2D eigenvalue weighted by atomic mass is 10.2. The summed E-state index contributed by atoms with van der Waals surface area (Å²) >= 11 is 5.41. The lowest BCUT2D eigenvalue weighted by molar-refractivity contribution is 0.0948. The Morgan fingerprint density at radius 2 is 2.15 bits per heavy atom. The molecule has 0 aliphatic carbocycles. The van der Waals surface area contributed by atoms with Gasteiger partial charge in [-0.3, -0.25) is 9.89 Å². The maximum atomic E-state index is 13.5. The van der Waals surface area contributed by atoms with Gasteiger partial charge in [0, 0.05) is 13.0 Å². The summed E-state index contributed by atoms with van der Waals surface area (Å²) in [7, 11) is 0. The predicted molar refractivity (Wildman–Crippen MR) is 68.4 cm³/mol. The molecule has 5 nitrogen and oxygen atoms in total. The van der Waals surface area contributed by atoms with Crippen LogP contribution in [0.25, 0.3) is 0 Å². The molecular weight excluding hydrogens is 290 g/mol. The monoisotopic (exact) mass is 300 g/mol. The summed E-state index contributed by atoms with van der Waals surface area (Å²) in [6.45, 7) is 0.309. The highest BCUT2D eigenvalue weighted by Crippen LogP contribution is 2.19. The third kappa shape index (κ3) is 3.51. The average Bonchev–Trinajstić information content (AvgIpc) is 2.92. The van der Waals surface area contributed by atoms with E-state index in [4.69, 9.17) is 11.6 Å². The molecule has 0 unspecified atom stereocenters. The zero-order valence-corrected chi connectivity index (χ0v) is 11.0. The van der Waals surface area contributed by atoms with Crippen LogP contribution in [0.5, 0.6) is 0 Å². The van der Waals surface area contributed by atoms with Gasteiger partial charge in [-0.15, -0.1) is 0 Å². The van der Waals surface area contributed by atoms with Crippen molar-refractivity contribution in [1.82, 2.24) is 20.5 Å². The van der Waals surface area contributed by atoms with Crippen molar-refractivity contribution >= 4 is 17.5 Å². The van der Waals surface area contributed by atoms with Crippen LogP contribution in [0.4, 0.5) is 8.78 Å². The van der Waals surface area contributed by atoms with Crippen LogP contribution < -0.4 is 5.32 Å². The first-order chi connectivity index (χ1) is 9.58. The van der Waals surface area contributed by atoms with Gasteiger partial charge in [0.15, 0.2) is 0 Å². The molecule has 0 fully saturated rings. The Morgan fingerprint density at radius 1 is 1.35 bits per heavy atom. The number of aromatic nitrogens is 3. The fraction of sp³-hybridized carbons (Fsp3) is 0.250. The van der Waals surface area contributed by atoms with E-state index in [9.17, 15) is 13.6 Å². The number of hydrogen-bond donors (Lipinski definition) is 2. The Labute approximate surface area is 118 Å². The molecule has 0 spiro atoms. The van der Waals surface area contributed by atoms with Crippen molar-refractivity contribution in [3.05, 3.63) is 46.5 Å². The fourth-order valence-electron chi connectivity index (χ4n) is 1.60. The summed E-state index contributed by atoms with van der Waals surface area (Å²) in [4.78, 5) is 15.6. The summed E-state index contributed by atoms with van der Waals surface area (Å²) in [6.07, 6.45) is 2.58. The summed E-state index contributed by atoms with van der Waals surface area (Å²) in [5.41, 5.74) is -0.369. The van der Waals surface area contributed by atoms with E-state index in [1.807, 2.05) is 0 Å². The number of halogens is 3. The number of aromatic amines is 1. The maximum Gasteiger partial charge on any atom is 0.254 e. The minimum absolute atomic E-state index is 0.309. The Hall–Kier alpha value is -2.02. The first-order valence-corrected chi connectivity index (χ1v) is 6.22. The van der Waals surface area contributed by atoms with Crippen molar-refractivity contribution < 1.29 is 13.6 Å². The number of rotatable bonds is 5. The number of carbonyl (C=O) groups excluding carboxylic acids is 1. The molecule has 0 bridgehead atoms. The molecule has 2 aromatic rings. The smallest absolute Gasteiger partial charge is 0.254 e. The van der Waals surface area contributed by atoms with Gasteiger partial charge in [-0.2, -0.15) is 5.10 Å². The van der Waals surface area contributed by atoms with Crippen LogP contribution in [0.2, 0.25) is 5.02 Å². The normalized spacial score (nSPS) is 10.6. The third-order valence-corrected chi connectivity index (χ3v) is 2.89. The van der Waals surface area contributed by atoms with Crippen LogP contribution in [0.15, 0.2) is 18.5 Å². The molecule has 1 amide bonds. The third-order valence-electron chi connectivity index (χ3n) is 2.60. The second kappa shape index (κ2) is 6.42. The molecule has 20 heavy (non-hydrogen) atoms. The van der Waals surface area contributed by atoms with E-state index in [1.165, 1.54) is 6.33 Å². The molecule has 2 rings (SSSR count). The highest BCUT2D eigenvalue weighted by molar-refractivity contribution is 6.30. The van der Waals surface area contributed by atoms with E-state index < -0.39 is 17.5 Å². The van der Waals surface area contributed by atoms with Gasteiger partial charge >= 0.3 is 0 Å². The first-order valence-electron chi connectivity index (χ1n) is 5.85. The average molecular weight is 301 g/mol. The van der Waals surface area contributed by atoms with Gasteiger partial charge in [0.2, 0.25) is 0 Å². The van der Waals surface area contributed by atoms with E-state index in [1.54, 1.807) is 0 Å². The van der Waals surface area contributed by atoms with Crippen LogP contribution >= 0.6 is 11.6 Å². The van der Waals surface area contributed by atoms with E-state index in [0.717, 1.165) is 12.1 Å². The molecule has 2 N–H and O–H groups in total. The molecule has 0 saturated carbocycles. The van der Waals surface area contributed by atoms with Gasteiger partial charge in [0.1, 0.15) is 23.8 Å². The van der Waals surface area contributed by atoms with Crippen LogP contribution in [0, 0.1) is 11.6 Å². The van der Waals surface area contributed by atoms with Gasteiger partial charge in [0.25, 0.3) is 5.91 Å². The number of hydrogen-bond acceptors (Lipinski definition) is 3. The van der Waals surface area contributed by atoms with Crippen LogP contribution in [0.3, 0.4) is 0 Å². The molecule has 8 heteroatoms. The molecule has 1 heterocycles. The molecule has 0 radical (unpaired) electrons. The Balaban J connectivity index is 1.87. The van der Waals surface area contributed by atoms with Crippen molar-refractivity contribution in [2.75, 3.05) is 6.54 Å². The molecule has 1 aromatic heterocycles. The first kappa shape index (κ1) is 14.4. The van der Waals surface area contributed by atoms with Gasteiger partial charge in [-0.25, -0.2) is 13.8 Å². The summed E-state index contributed by atoms with van der Waals surface area (Å²) in [5, 5.41) is 8.51. The highest BCUT2D eigenvalue weighted by Gasteiger charge is 2.14. The molecule has 0 aliphatic rings. The largest absolute Gasteiger partial charge is 0.352 e. The van der Waals surface area contributed by atoms with Crippen molar-refractivity contribution in [2.24, 2.45) is 0 Å². The topological polar surface area (TPSA) is 70.7 Å². The number of aryl methyl sites for hydroxylation is 1. The predicted octanol–water partition coefficient (Wildman–Crippen LogP) is 2.10. The fourth-order valence-corrected chi connectivity index (χ4v) is 1.75. The lowest BCUT2D eigenvalue weighted by Crippen LogP contribution is -2.26. The molecule has 106 valence electrons. The zero-order chi connectivity index (χ0) is 14.5. The zero-order valence-electron chi connectivity index (χ0n) is 10.3. The second-order valence-corrected chi connectivity index (χ2v) is 4.44. The minimum Gasteiger partial charge on any atom is -0.352 e. The molecule has 0 atom stereocenters. The summed E-state index contributed by atoms with van der Waals surface area (Å²) in [5.74, 6) is -1.68. The number of amides is 1. The second-order valence-electron chi connectivity index (χ2n) is 4.04. The highest BCUT2D eigenvalue weighted by atomic mass is 35.5. The summed E-state index contributed by atoms with van der Waals surface area (Å²) < 4.78 is 26.7. The van der Waals surface area contributed by atoms with Crippen LogP contribution in [-0.2, 0) is 6.42 Å². The number of carbonyl (C=O) groups is 1. The Kier molecular flexibility index (Phi) is 4.62. The van der Waals surface area contributed by atoms with E-state index in [0.29, 0.717) is 25.2 Å². The van der Waals surface area contributed by atoms with Crippen LogP contribution in [0.1, 0.15) is 22.6 Å². The van der Waals surface area contributed by atoms with Gasteiger partial charge < -0.3 is 5.32 Å². The van der Waals surface area contributed by atoms with E-state index in [2.05, 4.69) is 20.5 Å². The molecule has 1 aromatic carbocycles.